The first-order valence-corrected chi connectivity index (χ1v) is 5.30. The van der Waals surface area contributed by atoms with Crippen LogP contribution >= 0.6 is 0 Å². The average Bonchev–Trinajstić information content (AvgIpc) is 2.50. The highest BCUT2D eigenvalue weighted by Crippen LogP contribution is 2.21. The number of rotatable bonds is 4. The molecule has 0 aliphatic carbocycles. The highest BCUT2D eigenvalue weighted by atomic mass is 16.3. The van der Waals surface area contributed by atoms with Crippen LogP contribution in [0.2, 0.25) is 0 Å². The van der Waals surface area contributed by atoms with Crippen molar-refractivity contribution < 1.29 is 5.11 Å². The minimum atomic E-state index is -0.525. The van der Waals surface area contributed by atoms with Crippen LogP contribution in [-0.2, 0) is 13.1 Å². The van der Waals surface area contributed by atoms with Crippen molar-refractivity contribution in [1.82, 2.24) is 25.1 Å². The molecule has 6 nitrogen and oxygen atoms in total. The third-order valence-corrected chi connectivity index (χ3v) is 2.53. The van der Waals surface area contributed by atoms with Gasteiger partial charge < -0.3 is 5.11 Å². The zero-order valence-corrected chi connectivity index (χ0v) is 9.22. The van der Waals surface area contributed by atoms with Crippen LogP contribution in [-0.4, -0.2) is 48.9 Å². The number of hydrogen-bond acceptors (Lipinski definition) is 5. The molecule has 0 radical (unpaired) electrons. The molecule has 1 aliphatic heterocycles. The summed E-state index contributed by atoms with van der Waals surface area (Å²) in [6.45, 7) is 6.92. The van der Waals surface area contributed by atoms with E-state index in [9.17, 15) is 5.11 Å². The minimum Gasteiger partial charge on any atom is -0.388 e. The molecule has 0 saturated carbocycles. The van der Waals surface area contributed by atoms with Crippen LogP contribution in [0.15, 0.2) is 0 Å². The lowest BCUT2D eigenvalue weighted by molar-refractivity contribution is -0.0884. The number of nitrogens with zero attached hydrogens (tertiary/aromatic N) is 5. The molecule has 1 saturated heterocycles. The summed E-state index contributed by atoms with van der Waals surface area (Å²) in [5.74, 6) is 0.882. The summed E-state index contributed by atoms with van der Waals surface area (Å²) in [6, 6.07) is 0. The molecule has 0 atom stereocenters. The number of β-amino-alcohol motifs (C(OH)–C–C–N with tert-alkyl or cyclic N) is 1. The predicted molar refractivity (Wildman–Crippen MR) is 54.0 cm³/mol. The average molecular weight is 211 g/mol. The first kappa shape index (κ1) is 10.5. The van der Waals surface area contributed by atoms with Crippen molar-refractivity contribution in [3.8, 4) is 0 Å². The van der Waals surface area contributed by atoms with Gasteiger partial charge in [0, 0.05) is 19.6 Å². The van der Waals surface area contributed by atoms with Gasteiger partial charge in [-0.05, 0) is 23.8 Å². The normalized spacial score (nSPS) is 20.2. The van der Waals surface area contributed by atoms with Gasteiger partial charge in [0.15, 0.2) is 5.82 Å². The summed E-state index contributed by atoms with van der Waals surface area (Å²) in [7, 11) is 0. The zero-order valence-electron chi connectivity index (χ0n) is 9.22. The Balaban J connectivity index is 1.91. The van der Waals surface area contributed by atoms with Crippen LogP contribution in [0, 0.1) is 0 Å². The molecule has 1 aromatic rings. The van der Waals surface area contributed by atoms with Crippen LogP contribution in [0.5, 0.6) is 0 Å². The van der Waals surface area contributed by atoms with Gasteiger partial charge in [0.2, 0.25) is 0 Å². The lowest BCUT2D eigenvalue weighted by Crippen LogP contribution is -2.59. The molecule has 0 unspecified atom stereocenters. The maximum atomic E-state index is 9.58. The topological polar surface area (TPSA) is 67.1 Å². The van der Waals surface area contributed by atoms with Crippen LogP contribution in [0.3, 0.4) is 0 Å². The monoisotopic (exact) mass is 211 g/mol. The number of aryl methyl sites for hydroxylation is 1. The Kier molecular flexibility index (Phi) is 2.70. The Labute approximate surface area is 88.9 Å². The second-order valence-electron chi connectivity index (χ2n) is 4.46. The number of aromatic nitrogens is 4. The van der Waals surface area contributed by atoms with Gasteiger partial charge in [0.1, 0.15) is 0 Å². The Hall–Kier alpha value is -1.01. The predicted octanol–water partition coefficient (Wildman–Crippen LogP) is -0.350. The summed E-state index contributed by atoms with van der Waals surface area (Å²) < 4.78 is 1.83. The molecular weight excluding hydrogens is 194 g/mol. The number of tetrazole rings is 1. The van der Waals surface area contributed by atoms with E-state index in [2.05, 4.69) is 27.3 Å². The Bertz CT molecular complexity index is 327. The first-order chi connectivity index (χ1) is 7.11. The summed E-state index contributed by atoms with van der Waals surface area (Å²) >= 11 is 0. The Morgan fingerprint density at radius 1 is 1.47 bits per heavy atom. The van der Waals surface area contributed by atoms with Crippen LogP contribution < -0.4 is 0 Å². The lowest BCUT2D eigenvalue weighted by Gasteiger charge is -2.43. The highest BCUT2D eigenvalue weighted by Gasteiger charge is 2.36. The first-order valence-electron chi connectivity index (χ1n) is 5.30. The molecule has 2 rings (SSSR count). The van der Waals surface area contributed by atoms with Gasteiger partial charge in [0.05, 0.1) is 12.1 Å². The maximum Gasteiger partial charge on any atom is 0.165 e. The quantitative estimate of drug-likeness (QED) is 0.737. The lowest BCUT2D eigenvalue weighted by atomic mass is 9.97. The second-order valence-corrected chi connectivity index (χ2v) is 4.46. The van der Waals surface area contributed by atoms with Crippen molar-refractivity contribution in [2.24, 2.45) is 0 Å². The number of aliphatic hydroxyl groups is 1. The molecule has 1 aromatic heterocycles. The van der Waals surface area contributed by atoms with Gasteiger partial charge in [-0.25, -0.2) is 4.68 Å². The molecule has 1 N–H and O–H groups in total. The van der Waals surface area contributed by atoms with Crippen molar-refractivity contribution in [1.29, 1.82) is 0 Å². The molecule has 0 aromatic carbocycles. The Morgan fingerprint density at radius 3 is 2.80 bits per heavy atom. The van der Waals surface area contributed by atoms with E-state index in [4.69, 9.17) is 0 Å². The SMILES string of the molecule is CCCn1nnnc1CN1CC(C)(O)C1. The molecule has 0 amide bonds. The third-order valence-electron chi connectivity index (χ3n) is 2.53. The molecule has 0 spiro atoms. The van der Waals surface area contributed by atoms with Crippen LogP contribution in [0.4, 0.5) is 0 Å². The van der Waals surface area contributed by atoms with Crippen LogP contribution in [0.25, 0.3) is 0 Å². The van der Waals surface area contributed by atoms with Gasteiger partial charge in [-0.3, -0.25) is 4.90 Å². The Morgan fingerprint density at radius 2 is 2.20 bits per heavy atom. The maximum absolute atomic E-state index is 9.58. The van der Waals surface area contributed by atoms with Crippen molar-refractivity contribution in [3.63, 3.8) is 0 Å². The third kappa shape index (κ3) is 2.32. The minimum absolute atomic E-state index is 0.525. The van der Waals surface area contributed by atoms with E-state index < -0.39 is 5.60 Å². The number of hydrogen-bond donors (Lipinski definition) is 1. The van der Waals surface area contributed by atoms with E-state index in [0.29, 0.717) is 13.1 Å². The largest absolute Gasteiger partial charge is 0.388 e. The van der Waals surface area contributed by atoms with Crippen molar-refractivity contribution in [2.45, 2.75) is 39.0 Å². The van der Waals surface area contributed by atoms with Gasteiger partial charge >= 0.3 is 0 Å². The van der Waals surface area contributed by atoms with E-state index in [1.54, 1.807) is 0 Å². The molecule has 84 valence electrons. The van der Waals surface area contributed by atoms with E-state index in [0.717, 1.165) is 25.3 Å². The molecule has 1 aliphatic rings. The molecule has 0 bridgehead atoms. The molecule has 1 fully saturated rings. The summed E-state index contributed by atoms with van der Waals surface area (Å²) in [5.41, 5.74) is -0.525. The smallest absolute Gasteiger partial charge is 0.165 e. The fraction of sp³-hybridized carbons (Fsp3) is 0.889. The van der Waals surface area contributed by atoms with Crippen molar-refractivity contribution in [2.75, 3.05) is 13.1 Å². The standard InChI is InChI=1S/C9H17N5O/c1-3-4-14-8(10-11-12-14)5-13-6-9(2,15)7-13/h15H,3-7H2,1-2H3. The van der Waals surface area contributed by atoms with Crippen molar-refractivity contribution >= 4 is 0 Å². The van der Waals surface area contributed by atoms with E-state index in [1.165, 1.54) is 0 Å². The fourth-order valence-electron chi connectivity index (χ4n) is 1.95. The van der Waals surface area contributed by atoms with Crippen LogP contribution in [0.1, 0.15) is 26.1 Å². The molecule has 6 heteroatoms. The second kappa shape index (κ2) is 3.86. The van der Waals surface area contributed by atoms with Gasteiger partial charge in [-0.15, -0.1) is 5.10 Å². The zero-order chi connectivity index (χ0) is 10.9. The molecule has 15 heavy (non-hydrogen) atoms. The molecular formula is C9H17N5O. The fourth-order valence-corrected chi connectivity index (χ4v) is 1.95. The van der Waals surface area contributed by atoms with E-state index in [1.807, 2.05) is 11.6 Å². The number of likely N-dealkylation sites (tertiary alicyclic amines) is 1. The molecule has 2 heterocycles. The summed E-state index contributed by atoms with van der Waals surface area (Å²) in [4.78, 5) is 2.14. The van der Waals surface area contributed by atoms with Gasteiger partial charge in [0.25, 0.3) is 0 Å². The highest BCUT2D eigenvalue weighted by molar-refractivity contribution is 4.94. The van der Waals surface area contributed by atoms with E-state index in [-0.39, 0.29) is 0 Å². The van der Waals surface area contributed by atoms with Gasteiger partial charge in [-0.1, -0.05) is 6.92 Å². The summed E-state index contributed by atoms with van der Waals surface area (Å²) in [5, 5.41) is 21.2. The van der Waals surface area contributed by atoms with E-state index >= 15 is 0 Å². The van der Waals surface area contributed by atoms with Crippen molar-refractivity contribution in [3.05, 3.63) is 5.82 Å². The van der Waals surface area contributed by atoms with Gasteiger partial charge in [-0.2, -0.15) is 0 Å². The summed E-state index contributed by atoms with van der Waals surface area (Å²) in [6.07, 6.45) is 1.02.